The molecule has 5 nitrogen and oxygen atoms in total. The third kappa shape index (κ3) is 4.28. The number of amides is 1. The van der Waals surface area contributed by atoms with Crippen molar-refractivity contribution < 1.29 is 13.2 Å². The second-order valence-corrected chi connectivity index (χ2v) is 8.14. The van der Waals surface area contributed by atoms with Crippen LogP contribution in [0.4, 0.5) is 0 Å². The van der Waals surface area contributed by atoms with Crippen molar-refractivity contribution in [1.29, 1.82) is 0 Å². The van der Waals surface area contributed by atoms with Crippen LogP contribution in [0.3, 0.4) is 0 Å². The molecule has 2 aromatic carbocycles. The van der Waals surface area contributed by atoms with Gasteiger partial charge in [-0.3, -0.25) is 4.79 Å². The van der Waals surface area contributed by atoms with Crippen LogP contribution in [0.5, 0.6) is 0 Å². The van der Waals surface area contributed by atoms with Crippen molar-refractivity contribution in [2.75, 3.05) is 5.75 Å². The average Bonchev–Trinajstić information content (AvgIpc) is 2.98. The van der Waals surface area contributed by atoms with E-state index in [1.807, 2.05) is 31.2 Å². The summed E-state index contributed by atoms with van der Waals surface area (Å²) >= 11 is 0. The van der Waals surface area contributed by atoms with Crippen LogP contribution >= 0.6 is 0 Å². The van der Waals surface area contributed by atoms with E-state index in [2.05, 4.69) is 10.3 Å². The second-order valence-electron chi connectivity index (χ2n) is 6.03. The quantitative estimate of drug-likeness (QED) is 0.713. The number of carbonyl (C=O) groups is 1. The predicted molar refractivity (Wildman–Crippen MR) is 98.0 cm³/mol. The number of carbonyl (C=O) groups excluding carboxylic acids is 1. The van der Waals surface area contributed by atoms with Crippen molar-refractivity contribution in [1.82, 2.24) is 10.3 Å². The number of sulfone groups is 1. The number of aryl methyl sites for hydroxylation is 1. The molecule has 0 fully saturated rings. The Balaban J connectivity index is 1.55. The molecule has 130 valence electrons. The first kappa shape index (κ1) is 17.2. The lowest BCUT2D eigenvalue weighted by atomic mass is 10.1. The van der Waals surface area contributed by atoms with Gasteiger partial charge in [0.05, 0.1) is 10.6 Å². The summed E-state index contributed by atoms with van der Waals surface area (Å²) < 4.78 is 24.4. The average molecular weight is 356 g/mol. The van der Waals surface area contributed by atoms with Crippen molar-refractivity contribution in [3.05, 3.63) is 65.9 Å². The molecule has 0 radical (unpaired) electrons. The molecule has 0 atom stereocenters. The molecule has 0 saturated heterocycles. The largest absolute Gasteiger partial charge is 0.359 e. The number of nitrogens with one attached hydrogen (secondary N) is 2. The maximum Gasteiger partial charge on any atom is 0.221 e. The predicted octanol–water partition coefficient (Wildman–Crippen LogP) is 2.96. The lowest BCUT2D eigenvalue weighted by molar-refractivity contribution is -0.120. The second kappa shape index (κ2) is 7.11. The van der Waals surface area contributed by atoms with E-state index >= 15 is 0 Å². The SMILES string of the molecule is Cc1cc2cc(CNC(=O)CCS(=O)(=O)c3ccccc3)ccc2[nH]1. The van der Waals surface area contributed by atoms with Gasteiger partial charge in [-0.2, -0.15) is 0 Å². The summed E-state index contributed by atoms with van der Waals surface area (Å²) in [6.07, 6.45) is -0.0528. The summed E-state index contributed by atoms with van der Waals surface area (Å²) in [5.74, 6) is -0.469. The summed E-state index contributed by atoms with van der Waals surface area (Å²) in [5, 5.41) is 3.87. The fourth-order valence-corrected chi connectivity index (χ4v) is 3.96. The molecule has 0 aliphatic heterocycles. The molecule has 25 heavy (non-hydrogen) atoms. The summed E-state index contributed by atoms with van der Waals surface area (Å²) in [4.78, 5) is 15.5. The maximum atomic E-state index is 12.2. The van der Waals surface area contributed by atoms with E-state index in [9.17, 15) is 13.2 Å². The van der Waals surface area contributed by atoms with E-state index in [0.717, 1.165) is 22.2 Å². The standard InChI is InChI=1S/C19H20N2O3S/c1-14-11-16-12-15(7-8-18(16)21-14)13-20-19(22)9-10-25(23,24)17-5-3-2-4-6-17/h2-8,11-12,21H,9-10,13H2,1H3,(H,20,22). The molecule has 1 heterocycles. The highest BCUT2D eigenvalue weighted by Crippen LogP contribution is 2.17. The summed E-state index contributed by atoms with van der Waals surface area (Å²) in [6, 6.07) is 16.2. The third-order valence-electron chi connectivity index (χ3n) is 4.01. The molecule has 0 bridgehead atoms. The van der Waals surface area contributed by atoms with E-state index in [0.29, 0.717) is 6.54 Å². The summed E-state index contributed by atoms with van der Waals surface area (Å²) in [7, 11) is -3.43. The molecular weight excluding hydrogens is 336 g/mol. The van der Waals surface area contributed by atoms with Gasteiger partial charge in [0.1, 0.15) is 0 Å². The van der Waals surface area contributed by atoms with E-state index in [1.54, 1.807) is 30.3 Å². The van der Waals surface area contributed by atoms with E-state index in [-0.39, 0.29) is 23.0 Å². The van der Waals surface area contributed by atoms with E-state index in [1.165, 1.54) is 0 Å². The van der Waals surface area contributed by atoms with Crippen LogP contribution in [0, 0.1) is 6.92 Å². The first-order valence-corrected chi connectivity index (χ1v) is 9.72. The Kier molecular flexibility index (Phi) is 4.90. The van der Waals surface area contributed by atoms with Gasteiger partial charge in [-0.25, -0.2) is 8.42 Å². The number of hydrogen-bond donors (Lipinski definition) is 2. The number of aromatic amines is 1. The van der Waals surface area contributed by atoms with Gasteiger partial charge in [-0.1, -0.05) is 24.3 Å². The van der Waals surface area contributed by atoms with Crippen molar-refractivity contribution in [3.8, 4) is 0 Å². The molecule has 0 saturated carbocycles. The lowest BCUT2D eigenvalue weighted by Crippen LogP contribution is -2.25. The van der Waals surface area contributed by atoms with Crippen molar-refractivity contribution >= 4 is 26.6 Å². The van der Waals surface area contributed by atoms with Gasteiger partial charge >= 0.3 is 0 Å². The molecule has 0 spiro atoms. The minimum Gasteiger partial charge on any atom is -0.359 e. The van der Waals surface area contributed by atoms with Crippen LogP contribution in [-0.2, 0) is 21.2 Å². The smallest absolute Gasteiger partial charge is 0.221 e. The minimum atomic E-state index is -3.43. The number of H-pyrrole nitrogens is 1. The van der Waals surface area contributed by atoms with Crippen molar-refractivity contribution in [2.45, 2.75) is 24.8 Å². The Morgan fingerprint density at radius 3 is 2.60 bits per heavy atom. The van der Waals surface area contributed by atoms with Gasteiger partial charge in [0.2, 0.25) is 5.91 Å². The molecule has 3 aromatic rings. The Morgan fingerprint density at radius 1 is 1.08 bits per heavy atom. The Bertz CT molecular complexity index is 992. The number of fused-ring (bicyclic) bond motifs is 1. The summed E-state index contributed by atoms with van der Waals surface area (Å²) in [6.45, 7) is 2.37. The minimum absolute atomic E-state index is 0.0528. The maximum absolute atomic E-state index is 12.2. The van der Waals surface area contributed by atoms with Crippen LogP contribution in [0.2, 0.25) is 0 Å². The lowest BCUT2D eigenvalue weighted by Gasteiger charge is -2.07. The first-order chi connectivity index (χ1) is 11.9. The van der Waals surface area contributed by atoms with E-state index < -0.39 is 9.84 Å². The van der Waals surface area contributed by atoms with Crippen molar-refractivity contribution in [3.63, 3.8) is 0 Å². The highest BCUT2D eigenvalue weighted by molar-refractivity contribution is 7.91. The molecule has 0 aliphatic carbocycles. The molecule has 1 amide bonds. The molecule has 6 heteroatoms. The number of aromatic nitrogens is 1. The zero-order chi connectivity index (χ0) is 17.9. The van der Waals surface area contributed by atoms with Gasteiger partial charge in [0, 0.05) is 24.2 Å². The Labute approximate surface area is 147 Å². The Morgan fingerprint density at radius 2 is 1.84 bits per heavy atom. The van der Waals surface area contributed by atoms with Crippen LogP contribution in [0.15, 0.2) is 59.5 Å². The molecule has 3 rings (SSSR count). The summed E-state index contributed by atoms with van der Waals surface area (Å²) in [5.41, 5.74) is 3.12. The van der Waals surface area contributed by atoms with Crippen LogP contribution in [-0.4, -0.2) is 25.1 Å². The monoisotopic (exact) mass is 356 g/mol. The van der Waals surface area contributed by atoms with Crippen molar-refractivity contribution in [2.24, 2.45) is 0 Å². The normalized spacial score (nSPS) is 11.6. The highest BCUT2D eigenvalue weighted by atomic mass is 32.2. The first-order valence-electron chi connectivity index (χ1n) is 8.07. The van der Waals surface area contributed by atoms with Gasteiger partial charge in [-0.05, 0) is 48.2 Å². The van der Waals surface area contributed by atoms with Gasteiger partial charge in [-0.15, -0.1) is 0 Å². The molecule has 0 unspecified atom stereocenters. The van der Waals surface area contributed by atoms with Gasteiger partial charge < -0.3 is 10.3 Å². The molecule has 1 aromatic heterocycles. The van der Waals surface area contributed by atoms with Gasteiger partial charge in [0.15, 0.2) is 9.84 Å². The number of rotatable bonds is 6. The topological polar surface area (TPSA) is 79.0 Å². The van der Waals surface area contributed by atoms with Gasteiger partial charge in [0.25, 0.3) is 0 Å². The number of hydrogen-bond acceptors (Lipinski definition) is 3. The molecule has 0 aliphatic rings. The fraction of sp³-hybridized carbons (Fsp3) is 0.211. The zero-order valence-corrected chi connectivity index (χ0v) is 14.8. The highest BCUT2D eigenvalue weighted by Gasteiger charge is 2.15. The molecule has 2 N–H and O–H groups in total. The zero-order valence-electron chi connectivity index (χ0n) is 14.0. The number of benzene rings is 2. The van der Waals surface area contributed by atoms with Crippen LogP contribution in [0.1, 0.15) is 17.7 Å². The van der Waals surface area contributed by atoms with E-state index in [4.69, 9.17) is 0 Å². The fourth-order valence-electron chi connectivity index (χ4n) is 2.70. The van der Waals surface area contributed by atoms with Crippen LogP contribution in [0.25, 0.3) is 10.9 Å². The third-order valence-corrected chi connectivity index (χ3v) is 5.74. The van der Waals surface area contributed by atoms with Crippen LogP contribution < -0.4 is 5.32 Å². The Hall–Kier alpha value is -2.60. The molecular formula is C19H20N2O3S.